The van der Waals surface area contributed by atoms with E-state index in [0.29, 0.717) is 0 Å². The molecule has 1 aromatic carbocycles. The van der Waals surface area contributed by atoms with Gasteiger partial charge in [-0.1, -0.05) is 6.07 Å². The molecule has 0 aliphatic heterocycles. The van der Waals surface area contributed by atoms with Gasteiger partial charge in [-0.15, -0.1) is 11.3 Å². The van der Waals surface area contributed by atoms with Crippen molar-refractivity contribution in [3.05, 3.63) is 34.2 Å². The second-order valence-corrected chi connectivity index (χ2v) is 4.25. The van der Waals surface area contributed by atoms with Crippen molar-refractivity contribution in [3.63, 3.8) is 0 Å². The highest BCUT2D eigenvalue weighted by molar-refractivity contribution is 7.07. The number of thiazole rings is 1. The quantitative estimate of drug-likeness (QED) is 0.772. The minimum Gasteiger partial charge on any atom is -0.496 e. The molecular weight excluding hydrogens is 206 g/mol. The summed E-state index contributed by atoms with van der Waals surface area (Å²) in [5, 5.41) is 2.04. The first-order valence-corrected chi connectivity index (χ1v) is 5.70. The van der Waals surface area contributed by atoms with Crippen LogP contribution >= 0.6 is 11.3 Å². The summed E-state index contributed by atoms with van der Waals surface area (Å²) in [5.41, 5.74) is 6.30. The second-order valence-electron chi connectivity index (χ2n) is 3.54. The molecule has 0 saturated heterocycles. The molecule has 2 aromatic rings. The van der Waals surface area contributed by atoms with Crippen LogP contribution < -0.4 is 4.74 Å². The normalized spacial score (nSPS) is 10.3. The average molecular weight is 219 g/mol. The summed E-state index contributed by atoms with van der Waals surface area (Å²) < 4.78 is 5.42. The summed E-state index contributed by atoms with van der Waals surface area (Å²) in [6.07, 6.45) is 0. The van der Waals surface area contributed by atoms with Crippen LogP contribution in [-0.2, 0) is 0 Å². The predicted octanol–water partition coefficient (Wildman–Crippen LogP) is 3.44. The third kappa shape index (κ3) is 1.88. The van der Waals surface area contributed by atoms with Crippen LogP contribution in [0.2, 0.25) is 0 Å². The van der Waals surface area contributed by atoms with Crippen molar-refractivity contribution >= 4 is 11.3 Å². The van der Waals surface area contributed by atoms with Gasteiger partial charge in [0.15, 0.2) is 0 Å². The molecule has 0 atom stereocenters. The molecule has 0 fully saturated rings. The van der Waals surface area contributed by atoms with Crippen LogP contribution in [0.15, 0.2) is 23.0 Å². The predicted molar refractivity (Wildman–Crippen MR) is 63.6 cm³/mol. The smallest absolute Gasteiger partial charge is 0.131 e. The Morgan fingerprint density at radius 2 is 2.07 bits per heavy atom. The van der Waals surface area contributed by atoms with Gasteiger partial charge in [0, 0.05) is 10.9 Å². The highest BCUT2D eigenvalue weighted by Crippen LogP contribution is 2.33. The first kappa shape index (κ1) is 10.2. The van der Waals surface area contributed by atoms with Crippen molar-refractivity contribution in [1.82, 2.24) is 4.98 Å². The van der Waals surface area contributed by atoms with Crippen molar-refractivity contribution in [3.8, 4) is 17.0 Å². The lowest BCUT2D eigenvalue weighted by atomic mass is 10.0. The molecule has 1 heterocycles. The maximum atomic E-state index is 5.42. The molecule has 0 N–H and O–H groups in total. The van der Waals surface area contributed by atoms with Crippen molar-refractivity contribution < 1.29 is 4.74 Å². The fourth-order valence-electron chi connectivity index (χ4n) is 1.76. The molecular formula is C12H13NOS. The fourth-order valence-corrected chi connectivity index (χ4v) is 2.31. The number of hydrogen-bond donors (Lipinski definition) is 0. The van der Waals surface area contributed by atoms with Crippen LogP contribution in [0.25, 0.3) is 11.3 Å². The topological polar surface area (TPSA) is 22.1 Å². The first-order chi connectivity index (χ1) is 7.22. The molecule has 0 unspecified atom stereocenters. The number of rotatable bonds is 2. The molecule has 0 aliphatic carbocycles. The molecule has 0 aliphatic rings. The van der Waals surface area contributed by atoms with Crippen molar-refractivity contribution in [2.24, 2.45) is 0 Å². The molecule has 1 aromatic heterocycles. The number of benzene rings is 1. The zero-order chi connectivity index (χ0) is 10.8. The molecule has 15 heavy (non-hydrogen) atoms. The van der Waals surface area contributed by atoms with Crippen LogP contribution in [0.1, 0.15) is 11.1 Å². The zero-order valence-corrected chi connectivity index (χ0v) is 9.89. The minimum absolute atomic E-state index is 0.923. The summed E-state index contributed by atoms with van der Waals surface area (Å²) in [5.74, 6) is 0.923. The number of ether oxygens (including phenoxy) is 1. The zero-order valence-electron chi connectivity index (χ0n) is 9.07. The molecule has 78 valence electrons. The number of hydrogen-bond acceptors (Lipinski definition) is 3. The van der Waals surface area contributed by atoms with Gasteiger partial charge in [0.25, 0.3) is 0 Å². The van der Waals surface area contributed by atoms with Crippen molar-refractivity contribution in [2.75, 3.05) is 7.11 Å². The van der Waals surface area contributed by atoms with E-state index in [0.717, 1.165) is 22.6 Å². The Kier molecular flexibility index (Phi) is 2.73. The lowest BCUT2D eigenvalue weighted by molar-refractivity contribution is 0.413. The Bertz CT molecular complexity index is 463. The third-order valence-electron chi connectivity index (χ3n) is 2.33. The van der Waals surface area contributed by atoms with E-state index < -0.39 is 0 Å². The van der Waals surface area contributed by atoms with E-state index in [1.165, 1.54) is 5.56 Å². The summed E-state index contributed by atoms with van der Waals surface area (Å²) >= 11 is 1.60. The Morgan fingerprint density at radius 3 is 2.67 bits per heavy atom. The Hall–Kier alpha value is -1.35. The van der Waals surface area contributed by atoms with E-state index in [-0.39, 0.29) is 0 Å². The van der Waals surface area contributed by atoms with E-state index >= 15 is 0 Å². The number of aryl methyl sites for hydroxylation is 2. The standard InChI is InChI=1S/C12H13NOS/c1-8-4-9(2)12(14-3)10(5-8)11-6-15-7-13-11/h4-7H,1-3H3. The Labute approximate surface area is 93.6 Å². The van der Waals surface area contributed by atoms with Crippen LogP contribution in [-0.4, -0.2) is 12.1 Å². The molecule has 0 radical (unpaired) electrons. The first-order valence-electron chi connectivity index (χ1n) is 4.76. The van der Waals surface area contributed by atoms with Crippen molar-refractivity contribution in [2.45, 2.75) is 13.8 Å². The van der Waals surface area contributed by atoms with Gasteiger partial charge in [-0.05, 0) is 31.0 Å². The van der Waals surface area contributed by atoms with Gasteiger partial charge in [-0.3, -0.25) is 0 Å². The monoisotopic (exact) mass is 219 g/mol. The maximum absolute atomic E-state index is 5.42. The molecule has 2 rings (SSSR count). The highest BCUT2D eigenvalue weighted by Gasteiger charge is 2.10. The van der Waals surface area contributed by atoms with Gasteiger partial charge in [-0.2, -0.15) is 0 Å². The summed E-state index contributed by atoms with van der Waals surface area (Å²) in [6.45, 7) is 4.14. The van der Waals surface area contributed by atoms with E-state index in [1.807, 2.05) is 10.9 Å². The number of methoxy groups -OCH3 is 1. The number of aromatic nitrogens is 1. The third-order valence-corrected chi connectivity index (χ3v) is 2.92. The minimum atomic E-state index is 0.923. The van der Waals surface area contributed by atoms with E-state index in [4.69, 9.17) is 4.74 Å². The summed E-state index contributed by atoms with van der Waals surface area (Å²) in [4.78, 5) is 4.32. The van der Waals surface area contributed by atoms with Gasteiger partial charge in [0.1, 0.15) is 5.75 Å². The molecule has 0 amide bonds. The average Bonchev–Trinajstić information content (AvgIpc) is 2.69. The molecule has 3 heteroatoms. The Morgan fingerprint density at radius 1 is 1.27 bits per heavy atom. The van der Waals surface area contributed by atoms with Crippen LogP contribution in [0.5, 0.6) is 5.75 Å². The Balaban J connectivity index is 2.64. The summed E-state index contributed by atoms with van der Waals surface area (Å²) in [7, 11) is 1.70. The van der Waals surface area contributed by atoms with Gasteiger partial charge in [0.2, 0.25) is 0 Å². The summed E-state index contributed by atoms with van der Waals surface area (Å²) in [6, 6.07) is 4.23. The molecule has 0 saturated carbocycles. The fraction of sp³-hybridized carbons (Fsp3) is 0.250. The lowest BCUT2D eigenvalue weighted by Crippen LogP contribution is -1.92. The lowest BCUT2D eigenvalue weighted by Gasteiger charge is -2.10. The van der Waals surface area contributed by atoms with Gasteiger partial charge < -0.3 is 4.74 Å². The molecule has 2 nitrogen and oxygen atoms in total. The molecule has 0 bridgehead atoms. The van der Waals surface area contributed by atoms with Crippen LogP contribution in [0.3, 0.4) is 0 Å². The highest BCUT2D eigenvalue weighted by atomic mass is 32.1. The van der Waals surface area contributed by atoms with Gasteiger partial charge >= 0.3 is 0 Å². The van der Waals surface area contributed by atoms with E-state index in [9.17, 15) is 0 Å². The SMILES string of the molecule is COc1c(C)cc(C)cc1-c1cscn1. The van der Waals surface area contributed by atoms with Gasteiger partial charge in [-0.25, -0.2) is 4.98 Å². The number of nitrogens with zero attached hydrogens (tertiary/aromatic N) is 1. The van der Waals surface area contributed by atoms with Crippen molar-refractivity contribution in [1.29, 1.82) is 0 Å². The molecule has 0 spiro atoms. The largest absolute Gasteiger partial charge is 0.496 e. The van der Waals surface area contributed by atoms with Crippen LogP contribution in [0.4, 0.5) is 0 Å². The van der Waals surface area contributed by atoms with E-state index in [1.54, 1.807) is 18.4 Å². The second kappa shape index (κ2) is 4.03. The van der Waals surface area contributed by atoms with Gasteiger partial charge in [0.05, 0.1) is 18.3 Å². The maximum Gasteiger partial charge on any atom is 0.131 e. The van der Waals surface area contributed by atoms with E-state index in [2.05, 4.69) is 31.0 Å². The van der Waals surface area contributed by atoms with Crippen LogP contribution in [0, 0.1) is 13.8 Å².